The normalized spacial score (nSPS) is 20.8. The molecule has 2 N–H and O–H groups in total. The molecule has 0 aromatic heterocycles. The number of benzene rings is 1. The molecule has 2 nitrogen and oxygen atoms in total. The smallest absolute Gasteiger partial charge is 0.186 e. The Balaban J connectivity index is 2.48. The van der Waals surface area contributed by atoms with Crippen LogP contribution in [0.5, 0.6) is 0 Å². The van der Waals surface area contributed by atoms with E-state index in [-0.39, 0.29) is 11.3 Å². The van der Waals surface area contributed by atoms with Gasteiger partial charge in [-0.3, -0.25) is 0 Å². The van der Waals surface area contributed by atoms with Gasteiger partial charge in [-0.2, -0.15) is 0 Å². The highest BCUT2D eigenvalue weighted by Crippen LogP contribution is 2.33. The Morgan fingerprint density at radius 1 is 1.58 bits per heavy atom. The molecule has 1 aromatic rings. The molecule has 1 atom stereocenters. The number of hydrogen-bond donors (Lipinski definition) is 2. The average molecular weight is 181 g/mol. The predicted molar refractivity (Wildman–Crippen MR) is 48.2 cm³/mol. The van der Waals surface area contributed by atoms with Crippen LogP contribution < -0.4 is 5.32 Å². The molecule has 0 bridgehead atoms. The van der Waals surface area contributed by atoms with Crippen molar-refractivity contribution in [1.82, 2.24) is 0 Å². The number of aliphatic hydroxyl groups excluding tert-OH is 1. The number of anilines is 1. The molecular formula is C9H7ClNO. The maximum Gasteiger partial charge on any atom is 0.186 e. The molecule has 1 aromatic carbocycles. The van der Waals surface area contributed by atoms with Crippen LogP contribution in [0.25, 0.3) is 0 Å². The van der Waals surface area contributed by atoms with Crippen molar-refractivity contribution in [2.75, 3.05) is 5.32 Å². The number of rotatable bonds is 0. The summed E-state index contributed by atoms with van der Waals surface area (Å²) in [6, 6.07) is 8.34. The van der Waals surface area contributed by atoms with E-state index in [0.717, 1.165) is 11.3 Å². The summed E-state index contributed by atoms with van der Waals surface area (Å²) in [5, 5.41) is 11.7. The van der Waals surface area contributed by atoms with Crippen molar-refractivity contribution in [1.29, 1.82) is 0 Å². The van der Waals surface area contributed by atoms with E-state index in [9.17, 15) is 5.11 Å². The van der Waals surface area contributed by atoms with Crippen LogP contribution in [0.4, 0.5) is 5.69 Å². The van der Waals surface area contributed by atoms with E-state index >= 15 is 0 Å². The lowest BCUT2D eigenvalue weighted by atomic mass is 10.1. The van der Waals surface area contributed by atoms with Gasteiger partial charge in [0.05, 0.1) is 5.38 Å². The minimum absolute atomic E-state index is 0.105. The highest BCUT2D eigenvalue weighted by atomic mass is 35.5. The van der Waals surface area contributed by atoms with Crippen LogP contribution in [0.15, 0.2) is 30.2 Å². The zero-order chi connectivity index (χ0) is 8.55. The number of alkyl halides is 1. The van der Waals surface area contributed by atoms with Crippen LogP contribution in [0.2, 0.25) is 0 Å². The summed E-state index contributed by atoms with van der Waals surface area (Å²) in [6.45, 7) is 0. The average Bonchev–Trinajstić information content (AvgIpc) is 2.04. The summed E-state index contributed by atoms with van der Waals surface area (Å²) in [5.74, 6) is 0.105. The highest BCUT2D eigenvalue weighted by molar-refractivity contribution is 6.22. The van der Waals surface area contributed by atoms with E-state index in [0.29, 0.717) is 0 Å². The van der Waals surface area contributed by atoms with Crippen LogP contribution in [0, 0.1) is 6.07 Å². The molecule has 61 valence electrons. The van der Waals surface area contributed by atoms with Gasteiger partial charge in [0, 0.05) is 5.69 Å². The third kappa shape index (κ3) is 1.14. The molecule has 0 saturated heterocycles. The van der Waals surface area contributed by atoms with Crippen molar-refractivity contribution in [3.63, 3.8) is 0 Å². The lowest BCUT2D eigenvalue weighted by molar-refractivity contribution is 0.415. The number of allylic oxidation sites excluding steroid dienone is 1. The van der Waals surface area contributed by atoms with Crippen molar-refractivity contribution in [3.8, 4) is 0 Å². The molecule has 3 heteroatoms. The van der Waals surface area contributed by atoms with Crippen molar-refractivity contribution in [2.45, 2.75) is 5.38 Å². The maximum absolute atomic E-state index is 9.18. The summed E-state index contributed by atoms with van der Waals surface area (Å²) >= 11 is 5.95. The molecule has 0 fully saturated rings. The SMILES string of the molecule is OC1=CC(Cl)c2c[c]ccc2N1. The topological polar surface area (TPSA) is 32.3 Å². The van der Waals surface area contributed by atoms with Gasteiger partial charge in [0.2, 0.25) is 0 Å². The lowest BCUT2D eigenvalue weighted by Gasteiger charge is -2.18. The molecule has 1 unspecified atom stereocenters. The van der Waals surface area contributed by atoms with E-state index < -0.39 is 0 Å². The van der Waals surface area contributed by atoms with Crippen LogP contribution >= 0.6 is 11.6 Å². The molecule has 1 radical (unpaired) electrons. The molecular weight excluding hydrogens is 174 g/mol. The Labute approximate surface area is 75.5 Å². The van der Waals surface area contributed by atoms with Crippen molar-refractivity contribution in [2.24, 2.45) is 0 Å². The van der Waals surface area contributed by atoms with Gasteiger partial charge >= 0.3 is 0 Å². The quantitative estimate of drug-likeness (QED) is 0.602. The summed E-state index contributed by atoms with van der Waals surface area (Å²) in [4.78, 5) is 0. The second-order valence-electron chi connectivity index (χ2n) is 2.59. The van der Waals surface area contributed by atoms with E-state index in [4.69, 9.17) is 11.6 Å². The minimum Gasteiger partial charge on any atom is -0.495 e. The summed E-state index contributed by atoms with van der Waals surface area (Å²) in [7, 11) is 0. The molecule has 2 rings (SSSR count). The largest absolute Gasteiger partial charge is 0.495 e. The fourth-order valence-electron chi connectivity index (χ4n) is 1.19. The number of nitrogens with one attached hydrogen (secondary N) is 1. The number of fused-ring (bicyclic) bond motifs is 1. The van der Waals surface area contributed by atoms with E-state index in [2.05, 4.69) is 11.4 Å². The zero-order valence-electron chi connectivity index (χ0n) is 6.21. The second kappa shape index (κ2) is 2.72. The Morgan fingerprint density at radius 3 is 3.25 bits per heavy atom. The first-order chi connectivity index (χ1) is 5.77. The Hall–Kier alpha value is -1.15. The third-order valence-electron chi connectivity index (χ3n) is 1.76. The minimum atomic E-state index is -0.265. The second-order valence-corrected chi connectivity index (χ2v) is 3.06. The number of halogens is 1. The van der Waals surface area contributed by atoms with E-state index in [1.165, 1.54) is 0 Å². The van der Waals surface area contributed by atoms with Crippen molar-refractivity contribution < 1.29 is 5.11 Å². The lowest BCUT2D eigenvalue weighted by Crippen LogP contribution is -2.08. The van der Waals surface area contributed by atoms with Gasteiger partial charge in [0.15, 0.2) is 5.88 Å². The molecule has 0 aliphatic carbocycles. The fraction of sp³-hybridized carbons (Fsp3) is 0.111. The first kappa shape index (κ1) is 7.50. The van der Waals surface area contributed by atoms with Crippen LogP contribution in [0.1, 0.15) is 10.9 Å². The molecule has 12 heavy (non-hydrogen) atoms. The van der Waals surface area contributed by atoms with E-state index in [1.54, 1.807) is 12.1 Å². The van der Waals surface area contributed by atoms with E-state index in [1.807, 2.05) is 12.1 Å². The van der Waals surface area contributed by atoms with Gasteiger partial charge in [-0.25, -0.2) is 0 Å². The third-order valence-corrected chi connectivity index (χ3v) is 2.12. The molecule has 0 amide bonds. The first-order valence-corrected chi connectivity index (χ1v) is 4.03. The summed E-state index contributed by atoms with van der Waals surface area (Å²) < 4.78 is 0. The summed E-state index contributed by atoms with van der Waals surface area (Å²) in [6.07, 6.45) is 1.55. The van der Waals surface area contributed by atoms with Gasteiger partial charge in [0.1, 0.15) is 0 Å². The van der Waals surface area contributed by atoms with Gasteiger partial charge in [-0.15, -0.1) is 11.6 Å². The van der Waals surface area contributed by atoms with Gasteiger partial charge in [-0.05, 0) is 29.8 Å². The Morgan fingerprint density at radius 2 is 2.42 bits per heavy atom. The number of aliphatic hydroxyl groups is 1. The first-order valence-electron chi connectivity index (χ1n) is 3.59. The van der Waals surface area contributed by atoms with Crippen LogP contribution in [-0.2, 0) is 0 Å². The zero-order valence-corrected chi connectivity index (χ0v) is 6.97. The molecule has 1 aliphatic heterocycles. The monoisotopic (exact) mass is 180 g/mol. The van der Waals surface area contributed by atoms with Crippen LogP contribution in [0.3, 0.4) is 0 Å². The summed E-state index contributed by atoms with van der Waals surface area (Å²) in [5.41, 5.74) is 1.78. The fourth-order valence-corrected chi connectivity index (χ4v) is 1.49. The van der Waals surface area contributed by atoms with Gasteiger partial charge in [-0.1, -0.05) is 6.07 Å². The van der Waals surface area contributed by atoms with Crippen molar-refractivity contribution in [3.05, 3.63) is 41.8 Å². The standard InChI is InChI=1S/C9H7ClNO/c10-7-5-9(12)11-8-4-2-1-3-6(7)8/h2-5,7,11-12H. The number of hydrogen-bond acceptors (Lipinski definition) is 2. The Bertz CT molecular complexity index is 335. The molecule has 0 spiro atoms. The highest BCUT2D eigenvalue weighted by Gasteiger charge is 2.16. The van der Waals surface area contributed by atoms with Crippen LogP contribution in [-0.4, -0.2) is 5.11 Å². The van der Waals surface area contributed by atoms with Crippen molar-refractivity contribution >= 4 is 17.3 Å². The predicted octanol–water partition coefficient (Wildman–Crippen LogP) is 2.59. The van der Waals surface area contributed by atoms with Gasteiger partial charge in [0.25, 0.3) is 0 Å². The molecule has 0 saturated carbocycles. The molecule has 1 aliphatic rings. The van der Waals surface area contributed by atoms with Gasteiger partial charge < -0.3 is 10.4 Å². The molecule has 1 heterocycles. The Kier molecular flexibility index (Phi) is 1.70. The maximum atomic E-state index is 9.18.